The summed E-state index contributed by atoms with van der Waals surface area (Å²) in [5, 5.41) is 8.63. The molecule has 0 radical (unpaired) electrons. The molecule has 0 spiro atoms. The van der Waals surface area contributed by atoms with Crippen molar-refractivity contribution in [1.82, 2.24) is 14.3 Å². The van der Waals surface area contributed by atoms with Gasteiger partial charge in [0.1, 0.15) is 6.26 Å². The summed E-state index contributed by atoms with van der Waals surface area (Å²) >= 11 is 0.271. The third kappa shape index (κ3) is 5.75. The summed E-state index contributed by atoms with van der Waals surface area (Å²) in [6.45, 7) is 4.72. The lowest BCUT2D eigenvalue weighted by Crippen LogP contribution is -2.27. The first-order valence-electron chi connectivity index (χ1n) is 10.5. The van der Waals surface area contributed by atoms with E-state index in [2.05, 4.69) is 46.5 Å². The Labute approximate surface area is 205 Å². The van der Waals surface area contributed by atoms with Crippen molar-refractivity contribution in [2.24, 2.45) is 5.73 Å². The fraction of sp³-hybridized carbons (Fsp3) is 0.120. The minimum atomic E-state index is -1.20. The molecule has 9 heteroatoms. The summed E-state index contributed by atoms with van der Waals surface area (Å²) in [7, 11) is 0. The van der Waals surface area contributed by atoms with Gasteiger partial charge in [0, 0.05) is 23.2 Å². The van der Waals surface area contributed by atoms with Crippen molar-refractivity contribution in [2.45, 2.75) is 6.54 Å². The van der Waals surface area contributed by atoms with Crippen LogP contribution in [-0.4, -0.2) is 32.2 Å². The average molecular weight is 492 g/mol. The Bertz CT molecular complexity index is 1310. The van der Waals surface area contributed by atoms with Crippen LogP contribution in [0.1, 0.15) is 15.9 Å². The van der Waals surface area contributed by atoms with Crippen molar-refractivity contribution in [3.05, 3.63) is 95.8 Å². The molecule has 1 atom stereocenters. The van der Waals surface area contributed by atoms with E-state index in [1.807, 2.05) is 29.6 Å². The first-order valence-corrected chi connectivity index (χ1v) is 12.9. The Hall–Kier alpha value is -3.37. The number of nitrogens with two attached hydrogens (primary N) is 1. The lowest BCUT2D eigenvalue weighted by atomic mass is 10.0. The number of carbonyl (C=O) groups excluding carboxylic acids is 1. The van der Waals surface area contributed by atoms with Gasteiger partial charge in [-0.2, -0.15) is 3.97 Å². The maximum Gasteiger partial charge on any atom is 0.253 e. The predicted molar refractivity (Wildman–Crippen MR) is 140 cm³/mol. The lowest BCUT2D eigenvalue weighted by Gasteiger charge is -2.08. The number of hydrogen-bond acceptors (Lipinski definition) is 6. The number of anilines is 1. The van der Waals surface area contributed by atoms with Gasteiger partial charge in [-0.1, -0.05) is 43.0 Å². The number of amides is 1. The Morgan fingerprint density at radius 3 is 2.65 bits per heavy atom. The molecule has 2 aromatic carbocycles. The molecule has 4 N–H and O–H groups in total. The topological polar surface area (TPSA) is 108 Å². The van der Waals surface area contributed by atoms with E-state index in [1.165, 1.54) is 15.3 Å². The second kappa shape index (κ2) is 10.7. The average Bonchev–Trinajstić information content (AvgIpc) is 3.53. The van der Waals surface area contributed by atoms with Gasteiger partial charge in [0.25, 0.3) is 5.91 Å². The van der Waals surface area contributed by atoms with Crippen molar-refractivity contribution in [3.63, 3.8) is 0 Å². The van der Waals surface area contributed by atoms with Gasteiger partial charge in [-0.25, -0.2) is 4.98 Å². The van der Waals surface area contributed by atoms with Gasteiger partial charge in [0.2, 0.25) is 0 Å². The number of aromatic nitrogens is 2. The quantitative estimate of drug-likeness (QED) is 0.304. The third-order valence-corrected chi connectivity index (χ3v) is 6.71. The highest BCUT2D eigenvalue weighted by Crippen LogP contribution is 2.29. The van der Waals surface area contributed by atoms with Crippen LogP contribution in [0.3, 0.4) is 0 Å². The molecule has 2 heterocycles. The maximum atomic E-state index is 12.3. The van der Waals surface area contributed by atoms with Gasteiger partial charge in [0.15, 0.2) is 5.13 Å². The van der Waals surface area contributed by atoms with Crippen LogP contribution in [0.25, 0.3) is 22.4 Å². The Kier molecular flexibility index (Phi) is 7.49. The van der Waals surface area contributed by atoms with Gasteiger partial charge in [-0.05, 0) is 34.9 Å². The molecule has 4 aromatic rings. The zero-order valence-electron chi connectivity index (χ0n) is 18.7. The molecule has 0 saturated heterocycles. The molecule has 1 amide bonds. The summed E-state index contributed by atoms with van der Waals surface area (Å²) in [6.07, 6.45) is 4.71. The van der Waals surface area contributed by atoms with E-state index < -0.39 is 11.4 Å². The zero-order valence-corrected chi connectivity index (χ0v) is 20.3. The van der Waals surface area contributed by atoms with Gasteiger partial charge in [0.05, 0.1) is 41.6 Å². The number of benzene rings is 2. The first kappa shape index (κ1) is 23.8. The van der Waals surface area contributed by atoms with Crippen LogP contribution >= 0.6 is 11.3 Å². The van der Waals surface area contributed by atoms with Crippen molar-refractivity contribution in [2.75, 3.05) is 18.1 Å². The number of nitrogens with one attached hydrogen (secondary N) is 2. The van der Waals surface area contributed by atoms with E-state index in [4.69, 9.17) is 5.73 Å². The highest BCUT2D eigenvalue weighted by atomic mass is 32.2. The highest BCUT2D eigenvalue weighted by molar-refractivity contribution is 7.89. The molecule has 0 aliphatic rings. The van der Waals surface area contributed by atoms with Gasteiger partial charge in [-0.15, -0.1) is 11.3 Å². The first-order chi connectivity index (χ1) is 16.4. The molecule has 0 fully saturated rings. The monoisotopic (exact) mass is 491 g/mol. The highest BCUT2D eigenvalue weighted by Gasteiger charge is 2.12. The van der Waals surface area contributed by atoms with Crippen LogP contribution in [0.5, 0.6) is 0 Å². The second-order valence-corrected chi connectivity index (χ2v) is 9.75. The Morgan fingerprint density at radius 2 is 1.91 bits per heavy atom. The minimum absolute atomic E-state index is 0.237. The fourth-order valence-electron chi connectivity index (χ4n) is 3.36. The number of carbonyl (C=O) groups is 1. The van der Waals surface area contributed by atoms with Crippen molar-refractivity contribution in [1.29, 1.82) is 0 Å². The summed E-state index contributed by atoms with van der Waals surface area (Å²) in [4.78, 5) is 17.0. The molecule has 0 saturated carbocycles. The zero-order chi connectivity index (χ0) is 24.1. The van der Waals surface area contributed by atoms with Gasteiger partial charge < -0.3 is 20.9 Å². The van der Waals surface area contributed by atoms with Crippen LogP contribution in [0.2, 0.25) is 0 Å². The summed E-state index contributed by atoms with van der Waals surface area (Å²) < 4.78 is 13.0. The molecule has 174 valence electrons. The fourth-order valence-corrected chi connectivity index (χ4v) is 4.62. The normalized spacial score (nSPS) is 11.7. The van der Waals surface area contributed by atoms with Crippen LogP contribution in [0.4, 0.5) is 5.13 Å². The molecule has 0 aliphatic heterocycles. The molecule has 0 aliphatic carbocycles. The standard InChI is InChI=1S/C25H25N5O2S2/c1-17(14-27-24(31)22-9-10-30(15-22)34(2)32)28-25-29-23(16-33-25)21-8-4-7-20(12-21)19-6-3-5-18(11-19)13-26/h3-12,15-16H,1,13-14,26H2,2H3,(H,27,31)(H,28,29). The molecule has 2 aromatic heterocycles. The Morgan fingerprint density at radius 1 is 1.18 bits per heavy atom. The van der Waals surface area contributed by atoms with Crippen molar-refractivity contribution < 1.29 is 9.35 Å². The van der Waals surface area contributed by atoms with E-state index in [0.29, 0.717) is 22.9 Å². The molecule has 1 unspecified atom stereocenters. The van der Waals surface area contributed by atoms with Crippen LogP contribution < -0.4 is 16.4 Å². The van der Waals surface area contributed by atoms with Crippen LogP contribution in [0.15, 0.2) is 84.6 Å². The number of nitrogens with zero attached hydrogens (tertiary/aromatic N) is 2. The molecular weight excluding hydrogens is 466 g/mol. The summed E-state index contributed by atoms with van der Waals surface area (Å²) in [6, 6.07) is 18.1. The molecule has 0 bridgehead atoms. The van der Waals surface area contributed by atoms with E-state index in [1.54, 1.807) is 24.7 Å². The second-order valence-electron chi connectivity index (χ2n) is 7.62. The van der Waals surface area contributed by atoms with Gasteiger partial charge >= 0.3 is 0 Å². The third-order valence-electron chi connectivity index (χ3n) is 5.13. The van der Waals surface area contributed by atoms with E-state index in [9.17, 15) is 9.35 Å². The van der Waals surface area contributed by atoms with Crippen molar-refractivity contribution in [3.8, 4) is 22.4 Å². The largest absolute Gasteiger partial charge is 0.593 e. The van der Waals surface area contributed by atoms with Crippen LogP contribution in [-0.2, 0) is 17.9 Å². The predicted octanol–water partition coefficient (Wildman–Crippen LogP) is 4.23. The van der Waals surface area contributed by atoms with E-state index in [-0.39, 0.29) is 12.5 Å². The smallest absolute Gasteiger partial charge is 0.253 e. The lowest BCUT2D eigenvalue weighted by molar-refractivity contribution is 0.0957. The summed E-state index contributed by atoms with van der Waals surface area (Å²) in [5.41, 5.74) is 12.0. The van der Waals surface area contributed by atoms with E-state index >= 15 is 0 Å². The minimum Gasteiger partial charge on any atom is -0.593 e. The Balaban J connectivity index is 1.37. The van der Waals surface area contributed by atoms with Gasteiger partial charge in [-0.3, -0.25) is 4.79 Å². The SMILES string of the molecule is C=C(CNC(=O)c1ccn([S+](C)[O-])c1)Nc1nc(-c2cccc(-c3cccc(CN)c3)c2)cs1. The van der Waals surface area contributed by atoms with E-state index in [0.717, 1.165) is 27.9 Å². The summed E-state index contributed by atoms with van der Waals surface area (Å²) in [5.74, 6) is -0.262. The number of thiazole rings is 1. The van der Waals surface area contributed by atoms with Crippen molar-refractivity contribution >= 4 is 33.7 Å². The maximum absolute atomic E-state index is 12.3. The molecule has 34 heavy (non-hydrogen) atoms. The molecule has 7 nitrogen and oxygen atoms in total. The molecule has 4 rings (SSSR count). The van der Waals surface area contributed by atoms with Crippen LogP contribution in [0, 0.1) is 0 Å². The number of hydrogen-bond donors (Lipinski definition) is 3. The molecular formula is C25H25N5O2S2. The number of rotatable bonds is 9.